The van der Waals surface area contributed by atoms with Crippen LogP contribution in [0, 0.1) is 34.6 Å². The smallest absolute Gasteiger partial charge is 0.253 e. The minimum Gasteiger partial charge on any atom is -0.508 e. The number of likely N-dealkylation sites (N-methyl/N-ethyl adjacent to an activating group) is 2. The van der Waals surface area contributed by atoms with Crippen LogP contribution in [0.2, 0.25) is 0 Å². The molecule has 2 heterocycles. The van der Waals surface area contributed by atoms with Crippen LogP contribution in [0.3, 0.4) is 0 Å². The summed E-state index contributed by atoms with van der Waals surface area (Å²) in [7, 11) is 3.44. The fraction of sp³-hybridized carbons (Fsp3) is 0.320. The zero-order valence-corrected chi connectivity index (χ0v) is 19.3. The highest BCUT2D eigenvalue weighted by Crippen LogP contribution is 2.32. The molecule has 31 heavy (non-hydrogen) atoms. The van der Waals surface area contributed by atoms with Gasteiger partial charge in [0.05, 0.1) is 11.1 Å². The number of phenols is 1. The second-order valence-electron chi connectivity index (χ2n) is 7.90. The zero-order valence-electron chi connectivity index (χ0n) is 19.3. The number of nitrogens with one attached hydrogen (secondary N) is 2. The second-order valence-corrected chi connectivity index (χ2v) is 7.90. The van der Waals surface area contributed by atoms with Crippen LogP contribution < -0.4 is 10.6 Å². The Balaban J connectivity index is 2.31. The van der Waals surface area contributed by atoms with E-state index < -0.39 is 0 Å². The Morgan fingerprint density at radius 1 is 1.03 bits per heavy atom. The molecule has 3 aromatic rings. The summed E-state index contributed by atoms with van der Waals surface area (Å²) in [6, 6.07) is 5.56. The number of aromatic hydroxyl groups is 1. The first-order valence-electron chi connectivity index (χ1n) is 10.3. The highest BCUT2D eigenvalue weighted by atomic mass is 16.3. The molecule has 3 N–H and O–H groups in total. The Kier molecular flexibility index (Phi) is 6.29. The van der Waals surface area contributed by atoms with Crippen LogP contribution in [-0.4, -0.2) is 35.1 Å². The Bertz CT molecular complexity index is 1210. The maximum Gasteiger partial charge on any atom is 0.253 e. The summed E-state index contributed by atoms with van der Waals surface area (Å²) in [6.45, 7) is 9.78. The second kappa shape index (κ2) is 8.76. The predicted molar refractivity (Wildman–Crippen MR) is 125 cm³/mol. The minimum absolute atomic E-state index is 0.188. The largest absolute Gasteiger partial charge is 0.508 e. The van der Waals surface area contributed by atoms with Crippen LogP contribution in [0.4, 0.5) is 0 Å². The number of allylic oxidation sites excluding steroid dienone is 1. The van der Waals surface area contributed by atoms with E-state index in [-0.39, 0.29) is 11.7 Å². The van der Waals surface area contributed by atoms with Crippen molar-refractivity contribution in [3.63, 3.8) is 0 Å². The number of aryl methyl sites for hydroxylation is 4. The van der Waals surface area contributed by atoms with Crippen LogP contribution in [0.5, 0.6) is 5.75 Å². The van der Waals surface area contributed by atoms with Gasteiger partial charge in [-0.05, 0) is 69.0 Å². The maximum atomic E-state index is 13.1. The monoisotopic (exact) mass is 418 g/mol. The fourth-order valence-corrected chi connectivity index (χ4v) is 4.09. The van der Waals surface area contributed by atoms with Gasteiger partial charge in [0.25, 0.3) is 5.91 Å². The summed E-state index contributed by atoms with van der Waals surface area (Å²) in [6.07, 6.45) is 2.30. The van der Waals surface area contributed by atoms with Crippen molar-refractivity contribution in [2.75, 3.05) is 14.1 Å². The molecule has 3 rings (SSSR count). The molecule has 0 atom stereocenters. The number of nitrogens with zero attached hydrogens (tertiary/aromatic N) is 2. The molecular formula is C25H30N4O2. The minimum atomic E-state index is -0.188. The number of carbonyl (C=O) groups is 1. The molecule has 0 aliphatic carbocycles. The van der Waals surface area contributed by atoms with Gasteiger partial charge in [-0.1, -0.05) is 6.07 Å². The van der Waals surface area contributed by atoms with E-state index in [0.29, 0.717) is 12.0 Å². The Hall–Kier alpha value is -3.41. The number of pyridine rings is 2. The van der Waals surface area contributed by atoms with Crippen molar-refractivity contribution >= 4 is 22.4 Å². The molecule has 0 saturated heterocycles. The molecule has 0 radical (unpaired) electrons. The SMILES string of the molecule is CNC(=O)/C(=C(/Cc1c(C)ccc(O)c1C)NC)c1c(C)nc2cc(C)ncc2c1C. The number of aromatic nitrogens is 2. The summed E-state index contributed by atoms with van der Waals surface area (Å²) in [5, 5.41) is 17.2. The quantitative estimate of drug-likeness (QED) is 0.549. The highest BCUT2D eigenvalue weighted by Gasteiger charge is 2.23. The van der Waals surface area contributed by atoms with Crippen LogP contribution in [-0.2, 0) is 11.2 Å². The van der Waals surface area contributed by atoms with Gasteiger partial charge in [0.15, 0.2) is 0 Å². The van der Waals surface area contributed by atoms with Crippen LogP contribution in [0.1, 0.15) is 39.2 Å². The molecule has 0 aliphatic heterocycles. The van der Waals surface area contributed by atoms with E-state index in [1.165, 1.54) is 0 Å². The molecule has 0 unspecified atom stereocenters. The number of rotatable bonds is 5. The van der Waals surface area contributed by atoms with E-state index in [0.717, 1.165) is 55.8 Å². The van der Waals surface area contributed by atoms with Gasteiger partial charge >= 0.3 is 0 Å². The Morgan fingerprint density at radius 3 is 2.39 bits per heavy atom. The number of hydrogen-bond donors (Lipinski definition) is 3. The van der Waals surface area contributed by atoms with E-state index in [1.807, 2.05) is 60.0 Å². The van der Waals surface area contributed by atoms with E-state index in [9.17, 15) is 9.90 Å². The van der Waals surface area contributed by atoms with Crippen LogP contribution in [0.25, 0.3) is 16.5 Å². The van der Waals surface area contributed by atoms with Crippen molar-refractivity contribution in [1.29, 1.82) is 0 Å². The normalized spacial score (nSPS) is 12.0. The van der Waals surface area contributed by atoms with Crippen molar-refractivity contribution < 1.29 is 9.90 Å². The number of amides is 1. The standard InChI is InChI=1S/C25H30N4O2/c1-13-8-9-22(30)15(3)18(13)11-21(26-6)24(25(31)27-7)23-16(4)19-12-28-14(2)10-20(19)29-17(23)5/h8-10,12,26,30H,11H2,1-7H3,(H,27,31)/b24-21-. The van der Waals surface area contributed by atoms with Gasteiger partial charge in [0.2, 0.25) is 0 Å². The lowest BCUT2D eigenvalue weighted by Crippen LogP contribution is -2.26. The van der Waals surface area contributed by atoms with Gasteiger partial charge in [0, 0.05) is 54.7 Å². The average Bonchev–Trinajstić information content (AvgIpc) is 2.74. The van der Waals surface area contributed by atoms with Crippen molar-refractivity contribution in [2.24, 2.45) is 0 Å². The molecule has 6 nitrogen and oxygen atoms in total. The van der Waals surface area contributed by atoms with Crippen molar-refractivity contribution in [3.05, 3.63) is 69.3 Å². The van der Waals surface area contributed by atoms with E-state index >= 15 is 0 Å². The lowest BCUT2D eigenvalue weighted by Gasteiger charge is -2.21. The Labute approximate surface area is 183 Å². The molecule has 0 aliphatic rings. The van der Waals surface area contributed by atoms with Gasteiger partial charge in [-0.15, -0.1) is 0 Å². The first-order valence-corrected chi connectivity index (χ1v) is 10.3. The van der Waals surface area contributed by atoms with Crippen molar-refractivity contribution in [3.8, 4) is 5.75 Å². The lowest BCUT2D eigenvalue weighted by molar-refractivity contribution is -0.115. The first-order chi connectivity index (χ1) is 14.7. The van der Waals surface area contributed by atoms with Gasteiger partial charge in [-0.3, -0.25) is 14.8 Å². The molecule has 1 amide bonds. The summed E-state index contributed by atoms with van der Waals surface area (Å²) in [4.78, 5) is 22.3. The predicted octanol–water partition coefficient (Wildman–Crippen LogP) is 3.80. The molecule has 0 bridgehead atoms. The van der Waals surface area contributed by atoms with E-state index in [4.69, 9.17) is 4.98 Å². The molecule has 0 fully saturated rings. The molecule has 6 heteroatoms. The van der Waals surface area contributed by atoms with Crippen LogP contribution >= 0.6 is 0 Å². The molecule has 162 valence electrons. The molecule has 1 aromatic carbocycles. The van der Waals surface area contributed by atoms with Crippen molar-refractivity contribution in [2.45, 2.75) is 41.0 Å². The number of hydrogen-bond acceptors (Lipinski definition) is 5. The van der Waals surface area contributed by atoms with E-state index in [1.54, 1.807) is 13.1 Å². The third-order valence-electron chi connectivity index (χ3n) is 5.91. The van der Waals surface area contributed by atoms with Gasteiger partial charge < -0.3 is 15.7 Å². The summed E-state index contributed by atoms with van der Waals surface area (Å²) in [5.74, 6) is 0.0611. The highest BCUT2D eigenvalue weighted by molar-refractivity contribution is 6.21. The topological polar surface area (TPSA) is 87.1 Å². The van der Waals surface area contributed by atoms with Crippen LogP contribution in [0.15, 0.2) is 30.1 Å². The van der Waals surface area contributed by atoms with Gasteiger partial charge in [-0.25, -0.2) is 0 Å². The summed E-state index contributed by atoms with van der Waals surface area (Å²) >= 11 is 0. The first kappa shape index (κ1) is 22.3. The molecular weight excluding hydrogens is 388 g/mol. The summed E-state index contributed by atoms with van der Waals surface area (Å²) in [5.41, 5.74) is 8.51. The van der Waals surface area contributed by atoms with Crippen molar-refractivity contribution in [1.82, 2.24) is 20.6 Å². The average molecular weight is 419 g/mol. The van der Waals surface area contributed by atoms with Gasteiger partial charge in [-0.2, -0.15) is 0 Å². The molecule has 2 aromatic heterocycles. The third kappa shape index (κ3) is 4.10. The zero-order chi connectivity index (χ0) is 22.9. The number of phenolic OH excluding ortho intramolecular Hbond substituents is 1. The number of fused-ring (bicyclic) bond motifs is 1. The van der Waals surface area contributed by atoms with E-state index in [2.05, 4.69) is 15.6 Å². The lowest BCUT2D eigenvalue weighted by atomic mass is 9.90. The maximum absolute atomic E-state index is 13.1. The number of carbonyl (C=O) groups excluding carboxylic acids is 1. The molecule has 0 spiro atoms. The third-order valence-corrected chi connectivity index (χ3v) is 5.91. The number of benzene rings is 1. The van der Waals surface area contributed by atoms with Gasteiger partial charge in [0.1, 0.15) is 5.75 Å². The Morgan fingerprint density at radius 2 is 1.74 bits per heavy atom. The molecule has 0 saturated carbocycles. The fourth-order valence-electron chi connectivity index (χ4n) is 4.09. The summed E-state index contributed by atoms with van der Waals surface area (Å²) < 4.78 is 0.